The number of H-pyrrole nitrogens is 1. The Kier molecular flexibility index (Phi) is 3.01. The first-order chi connectivity index (χ1) is 7.29. The van der Waals surface area contributed by atoms with Crippen molar-refractivity contribution in [3.05, 3.63) is 22.7 Å². The fourth-order valence-corrected chi connectivity index (χ4v) is 1.83. The van der Waals surface area contributed by atoms with Gasteiger partial charge in [-0.2, -0.15) is 0 Å². The van der Waals surface area contributed by atoms with E-state index in [-0.39, 0.29) is 5.56 Å². The van der Waals surface area contributed by atoms with Gasteiger partial charge in [-0.1, -0.05) is 0 Å². The second-order valence-electron chi connectivity index (χ2n) is 3.69. The van der Waals surface area contributed by atoms with E-state index < -0.39 is 0 Å². The number of ether oxygens (including phenoxy) is 1. The highest BCUT2D eigenvalue weighted by Crippen LogP contribution is 2.17. The zero-order valence-corrected chi connectivity index (χ0v) is 8.77. The number of anilines is 1. The third-order valence-corrected chi connectivity index (χ3v) is 2.76. The lowest BCUT2D eigenvalue weighted by atomic mass is 10.1. The van der Waals surface area contributed by atoms with Crippen LogP contribution in [0, 0.1) is 0 Å². The summed E-state index contributed by atoms with van der Waals surface area (Å²) >= 11 is 0. The number of aromatic amines is 1. The first-order valence-corrected chi connectivity index (χ1v) is 5.12. The minimum absolute atomic E-state index is 0.162. The van der Waals surface area contributed by atoms with Crippen LogP contribution in [-0.4, -0.2) is 36.3 Å². The van der Waals surface area contributed by atoms with Crippen LogP contribution < -0.4 is 10.5 Å². The molecule has 1 aliphatic heterocycles. The van der Waals surface area contributed by atoms with Gasteiger partial charge in [-0.3, -0.25) is 4.79 Å². The summed E-state index contributed by atoms with van der Waals surface area (Å²) in [5.74, 6) is 0.837. The Morgan fingerprint density at radius 2 is 2.27 bits per heavy atom. The van der Waals surface area contributed by atoms with Gasteiger partial charge in [0, 0.05) is 26.4 Å². The Morgan fingerprint density at radius 3 is 2.80 bits per heavy atom. The molecule has 2 rings (SSSR count). The largest absolute Gasteiger partial charge is 0.381 e. The lowest BCUT2D eigenvalue weighted by Gasteiger charge is -2.31. The van der Waals surface area contributed by atoms with Crippen LogP contribution >= 0.6 is 0 Å². The van der Waals surface area contributed by atoms with Gasteiger partial charge in [-0.15, -0.1) is 0 Å². The van der Waals surface area contributed by atoms with E-state index in [4.69, 9.17) is 4.74 Å². The Balaban J connectivity index is 2.01. The van der Waals surface area contributed by atoms with Gasteiger partial charge < -0.3 is 14.6 Å². The lowest BCUT2D eigenvalue weighted by molar-refractivity contribution is 0.0818. The Morgan fingerprint density at radius 1 is 1.53 bits per heavy atom. The van der Waals surface area contributed by atoms with Gasteiger partial charge in [0.2, 0.25) is 0 Å². The molecule has 0 radical (unpaired) electrons. The molecule has 0 aliphatic carbocycles. The van der Waals surface area contributed by atoms with Crippen LogP contribution in [0.5, 0.6) is 0 Å². The first-order valence-electron chi connectivity index (χ1n) is 5.12. The summed E-state index contributed by atoms with van der Waals surface area (Å²) in [5.41, 5.74) is -0.162. The van der Waals surface area contributed by atoms with Gasteiger partial charge in [0.25, 0.3) is 5.56 Å². The number of nitrogens with zero attached hydrogens (tertiary/aromatic N) is 2. The monoisotopic (exact) mass is 209 g/mol. The predicted molar refractivity (Wildman–Crippen MR) is 57.1 cm³/mol. The average Bonchev–Trinajstić information content (AvgIpc) is 2.30. The van der Waals surface area contributed by atoms with Crippen LogP contribution in [0.1, 0.15) is 12.8 Å². The molecular formula is C10H15N3O2. The molecule has 5 heteroatoms. The van der Waals surface area contributed by atoms with E-state index in [2.05, 4.69) is 14.9 Å². The van der Waals surface area contributed by atoms with Crippen LogP contribution in [0.2, 0.25) is 0 Å². The van der Waals surface area contributed by atoms with E-state index in [1.54, 1.807) is 13.3 Å². The summed E-state index contributed by atoms with van der Waals surface area (Å²) in [6.07, 6.45) is 5.37. The molecule has 1 aliphatic rings. The molecule has 2 heterocycles. The van der Waals surface area contributed by atoms with Crippen molar-refractivity contribution in [2.75, 3.05) is 25.1 Å². The number of rotatable bonds is 2. The number of aromatic nitrogens is 2. The Hall–Kier alpha value is -1.36. The topological polar surface area (TPSA) is 58.2 Å². The van der Waals surface area contributed by atoms with Crippen molar-refractivity contribution in [3.63, 3.8) is 0 Å². The molecule has 82 valence electrons. The van der Waals surface area contributed by atoms with E-state index in [1.807, 2.05) is 0 Å². The van der Waals surface area contributed by atoms with Crippen molar-refractivity contribution < 1.29 is 4.74 Å². The molecule has 0 aromatic carbocycles. The third-order valence-electron chi connectivity index (χ3n) is 2.76. The van der Waals surface area contributed by atoms with Crippen LogP contribution in [0.3, 0.4) is 0 Å². The van der Waals surface area contributed by atoms with Crippen LogP contribution in [0.15, 0.2) is 17.2 Å². The fourth-order valence-electron chi connectivity index (χ4n) is 1.83. The molecule has 1 aromatic rings. The van der Waals surface area contributed by atoms with E-state index >= 15 is 0 Å². The number of nitrogens with one attached hydrogen (secondary N) is 1. The molecule has 1 saturated heterocycles. The zero-order chi connectivity index (χ0) is 10.7. The SMILES string of the molecule is COC1CCN(c2c[nH]c(=O)cn2)CC1. The summed E-state index contributed by atoms with van der Waals surface area (Å²) in [4.78, 5) is 19.7. The van der Waals surface area contributed by atoms with Gasteiger partial charge >= 0.3 is 0 Å². The van der Waals surface area contributed by atoms with Crippen LogP contribution in [-0.2, 0) is 4.74 Å². The van der Waals surface area contributed by atoms with Gasteiger partial charge in [-0.05, 0) is 12.8 Å². The first kappa shape index (κ1) is 10.2. The number of piperidine rings is 1. The maximum absolute atomic E-state index is 10.8. The third kappa shape index (κ3) is 2.36. The van der Waals surface area contributed by atoms with E-state index in [9.17, 15) is 4.79 Å². The highest BCUT2D eigenvalue weighted by molar-refractivity contribution is 5.35. The predicted octanol–water partition coefficient (Wildman–Crippen LogP) is 0.385. The molecule has 0 bridgehead atoms. The minimum atomic E-state index is -0.162. The van der Waals surface area contributed by atoms with E-state index in [0.29, 0.717) is 6.10 Å². The standard InChI is InChI=1S/C10H15N3O2/c1-15-8-2-4-13(5-3-8)9-6-12-10(14)7-11-9/h6-8H,2-5H2,1H3,(H,12,14). The second kappa shape index (κ2) is 4.44. The van der Waals surface area contributed by atoms with Crippen LogP contribution in [0.4, 0.5) is 5.82 Å². The Labute approximate surface area is 88.1 Å². The average molecular weight is 209 g/mol. The molecule has 0 amide bonds. The molecule has 1 fully saturated rings. The van der Waals surface area contributed by atoms with E-state index in [0.717, 1.165) is 31.7 Å². The van der Waals surface area contributed by atoms with Gasteiger partial charge in [0.05, 0.1) is 12.3 Å². The summed E-state index contributed by atoms with van der Waals surface area (Å²) in [7, 11) is 1.75. The molecule has 15 heavy (non-hydrogen) atoms. The molecule has 1 N–H and O–H groups in total. The Bertz CT molecular complexity index is 349. The molecule has 0 atom stereocenters. The van der Waals surface area contributed by atoms with E-state index in [1.165, 1.54) is 6.20 Å². The highest BCUT2D eigenvalue weighted by atomic mass is 16.5. The van der Waals surface area contributed by atoms with Gasteiger partial charge in [0.15, 0.2) is 0 Å². The summed E-state index contributed by atoms with van der Waals surface area (Å²) in [6.45, 7) is 1.86. The number of hydrogen-bond donors (Lipinski definition) is 1. The number of hydrogen-bond acceptors (Lipinski definition) is 4. The number of methoxy groups -OCH3 is 1. The van der Waals surface area contributed by atoms with Crippen LogP contribution in [0.25, 0.3) is 0 Å². The summed E-state index contributed by atoms with van der Waals surface area (Å²) < 4.78 is 5.29. The van der Waals surface area contributed by atoms with Crippen molar-refractivity contribution in [2.24, 2.45) is 0 Å². The van der Waals surface area contributed by atoms with Crippen molar-refractivity contribution in [1.82, 2.24) is 9.97 Å². The molecule has 1 aromatic heterocycles. The van der Waals surface area contributed by atoms with Crippen molar-refractivity contribution >= 4 is 5.82 Å². The van der Waals surface area contributed by atoms with Gasteiger partial charge in [-0.25, -0.2) is 4.98 Å². The highest BCUT2D eigenvalue weighted by Gasteiger charge is 2.19. The quantitative estimate of drug-likeness (QED) is 0.765. The minimum Gasteiger partial charge on any atom is -0.381 e. The van der Waals surface area contributed by atoms with Crippen molar-refractivity contribution in [3.8, 4) is 0 Å². The summed E-state index contributed by atoms with van der Waals surface area (Å²) in [5, 5.41) is 0. The summed E-state index contributed by atoms with van der Waals surface area (Å²) in [6, 6.07) is 0. The normalized spacial score (nSPS) is 18.1. The molecule has 0 saturated carbocycles. The smallest absolute Gasteiger partial charge is 0.266 e. The van der Waals surface area contributed by atoms with Gasteiger partial charge in [0.1, 0.15) is 5.82 Å². The van der Waals surface area contributed by atoms with Crippen molar-refractivity contribution in [2.45, 2.75) is 18.9 Å². The zero-order valence-electron chi connectivity index (χ0n) is 8.77. The molecular weight excluding hydrogens is 194 g/mol. The van der Waals surface area contributed by atoms with Crippen molar-refractivity contribution in [1.29, 1.82) is 0 Å². The maximum atomic E-state index is 10.8. The molecule has 5 nitrogen and oxygen atoms in total. The lowest BCUT2D eigenvalue weighted by Crippen LogP contribution is -2.37. The maximum Gasteiger partial charge on any atom is 0.266 e. The fraction of sp³-hybridized carbons (Fsp3) is 0.600. The molecule has 0 spiro atoms. The molecule has 0 unspecified atom stereocenters. The second-order valence-corrected chi connectivity index (χ2v) is 3.69.